The number of methoxy groups -OCH3 is 1. The van der Waals surface area contributed by atoms with Crippen LogP contribution < -0.4 is 19.1 Å². The number of benzene rings is 2. The molecule has 0 unspecified atom stereocenters. The van der Waals surface area contributed by atoms with Gasteiger partial charge >= 0.3 is 0 Å². The molecule has 1 aliphatic rings. The van der Waals surface area contributed by atoms with Crippen LogP contribution in [0.5, 0.6) is 11.5 Å². The lowest BCUT2D eigenvalue weighted by molar-refractivity contribution is 0.102. The Balaban J connectivity index is 1.50. The van der Waals surface area contributed by atoms with E-state index in [1.807, 2.05) is 12.1 Å². The lowest BCUT2D eigenvalue weighted by atomic mass is 10.1. The smallest absolute Gasteiger partial charge is 0.255 e. The summed E-state index contributed by atoms with van der Waals surface area (Å²) in [6, 6.07) is 13.9. The number of anilines is 2. The van der Waals surface area contributed by atoms with Gasteiger partial charge in [0.1, 0.15) is 6.61 Å². The van der Waals surface area contributed by atoms with Crippen LogP contribution in [-0.4, -0.2) is 39.2 Å². The Kier molecular flexibility index (Phi) is 6.00. The first-order valence-corrected chi connectivity index (χ1v) is 11.8. The average molecular weight is 454 g/mol. The van der Waals surface area contributed by atoms with Crippen molar-refractivity contribution in [3.8, 4) is 11.5 Å². The molecule has 1 aromatic heterocycles. The molecule has 32 heavy (non-hydrogen) atoms. The van der Waals surface area contributed by atoms with Crippen molar-refractivity contribution < 1.29 is 22.7 Å². The van der Waals surface area contributed by atoms with Crippen LogP contribution in [-0.2, 0) is 23.1 Å². The van der Waals surface area contributed by atoms with Crippen LogP contribution in [0, 0.1) is 0 Å². The van der Waals surface area contributed by atoms with Crippen LogP contribution in [0.25, 0.3) is 0 Å². The van der Waals surface area contributed by atoms with Crippen molar-refractivity contribution in [1.29, 1.82) is 0 Å². The van der Waals surface area contributed by atoms with Gasteiger partial charge in [0.2, 0.25) is 10.0 Å². The maximum atomic E-state index is 12.8. The number of rotatable bonds is 7. The predicted molar refractivity (Wildman–Crippen MR) is 122 cm³/mol. The number of nitrogens with one attached hydrogen (secondary N) is 1. The van der Waals surface area contributed by atoms with Gasteiger partial charge in [0, 0.05) is 41.8 Å². The Labute approximate surface area is 186 Å². The number of nitrogens with zero attached hydrogens (tertiary/aromatic N) is 2. The molecule has 0 fully saturated rings. The second kappa shape index (κ2) is 8.88. The van der Waals surface area contributed by atoms with Gasteiger partial charge in [-0.1, -0.05) is 6.07 Å². The number of pyridine rings is 1. The fourth-order valence-electron chi connectivity index (χ4n) is 3.57. The number of carbonyl (C=O) groups is 1. The van der Waals surface area contributed by atoms with Crippen molar-refractivity contribution in [1.82, 2.24) is 4.98 Å². The maximum absolute atomic E-state index is 12.8. The van der Waals surface area contributed by atoms with Gasteiger partial charge < -0.3 is 14.8 Å². The Morgan fingerprint density at radius 1 is 1.16 bits per heavy atom. The summed E-state index contributed by atoms with van der Waals surface area (Å²) in [6.45, 7) is 0.693. The average Bonchev–Trinajstić information content (AvgIpc) is 3.22. The van der Waals surface area contributed by atoms with Crippen molar-refractivity contribution in [2.24, 2.45) is 0 Å². The van der Waals surface area contributed by atoms with E-state index in [9.17, 15) is 13.2 Å². The van der Waals surface area contributed by atoms with E-state index in [0.717, 1.165) is 11.1 Å². The standard InChI is InChI=1S/C23H23N3O5S/c1-30-21-8-6-19(13-22(21)31-15-16-4-3-10-24-14-16)25-23(27)18-5-7-20-17(12-18)9-11-26(20)32(2,28)29/h3-8,10,12-14H,9,11,15H2,1-2H3,(H,25,27). The van der Waals surface area contributed by atoms with Gasteiger partial charge in [-0.2, -0.15) is 0 Å². The monoisotopic (exact) mass is 453 g/mol. The third-order valence-electron chi connectivity index (χ3n) is 5.13. The molecule has 0 aliphatic carbocycles. The SMILES string of the molecule is COc1ccc(NC(=O)c2ccc3c(c2)CCN3S(C)(=O)=O)cc1OCc1cccnc1. The molecule has 2 aromatic carbocycles. The lowest BCUT2D eigenvalue weighted by Gasteiger charge is -2.16. The third-order valence-corrected chi connectivity index (χ3v) is 6.31. The summed E-state index contributed by atoms with van der Waals surface area (Å²) in [6.07, 6.45) is 5.16. The Morgan fingerprint density at radius 2 is 2.00 bits per heavy atom. The summed E-state index contributed by atoms with van der Waals surface area (Å²) in [5, 5.41) is 2.86. The summed E-state index contributed by atoms with van der Waals surface area (Å²) in [7, 11) is -1.78. The van der Waals surface area contributed by atoms with Crippen LogP contribution in [0.1, 0.15) is 21.5 Å². The van der Waals surface area contributed by atoms with Crippen molar-refractivity contribution in [2.75, 3.05) is 29.5 Å². The van der Waals surface area contributed by atoms with Gasteiger partial charge in [0.25, 0.3) is 5.91 Å². The van der Waals surface area contributed by atoms with Crippen LogP contribution in [0.15, 0.2) is 60.9 Å². The molecule has 166 valence electrons. The molecule has 2 heterocycles. The van der Waals surface area contributed by atoms with Crippen LogP contribution in [0.3, 0.4) is 0 Å². The van der Waals surface area contributed by atoms with Gasteiger partial charge in [-0.25, -0.2) is 8.42 Å². The minimum atomic E-state index is -3.33. The summed E-state index contributed by atoms with van der Waals surface area (Å²) in [5.74, 6) is 0.742. The van der Waals surface area contributed by atoms with Crippen LogP contribution in [0.4, 0.5) is 11.4 Å². The minimum absolute atomic E-state index is 0.297. The molecule has 4 rings (SSSR count). The summed E-state index contributed by atoms with van der Waals surface area (Å²) in [5.41, 5.74) is 3.37. The predicted octanol–water partition coefficient (Wildman–Crippen LogP) is 3.24. The van der Waals surface area contributed by atoms with Crippen LogP contribution in [0.2, 0.25) is 0 Å². The van der Waals surface area contributed by atoms with Gasteiger partial charge in [-0.15, -0.1) is 0 Å². The summed E-state index contributed by atoms with van der Waals surface area (Å²) >= 11 is 0. The van der Waals surface area contributed by atoms with Crippen molar-refractivity contribution >= 4 is 27.3 Å². The Bertz CT molecular complexity index is 1250. The van der Waals surface area contributed by atoms with Gasteiger partial charge in [-0.05, 0) is 48.4 Å². The molecule has 0 bridgehead atoms. The molecule has 1 N–H and O–H groups in total. The number of sulfonamides is 1. The first-order chi connectivity index (χ1) is 15.3. The van der Waals surface area contributed by atoms with E-state index < -0.39 is 10.0 Å². The highest BCUT2D eigenvalue weighted by Gasteiger charge is 2.26. The zero-order valence-electron chi connectivity index (χ0n) is 17.7. The molecular formula is C23H23N3O5S. The lowest BCUT2D eigenvalue weighted by Crippen LogP contribution is -2.27. The molecule has 0 radical (unpaired) electrons. The largest absolute Gasteiger partial charge is 0.493 e. The number of hydrogen-bond donors (Lipinski definition) is 1. The van der Waals surface area contributed by atoms with Crippen molar-refractivity contribution in [3.63, 3.8) is 0 Å². The molecule has 1 aliphatic heterocycles. The molecule has 9 heteroatoms. The van der Waals surface area contributed by atoms with E-state index in [4.69, 9.17) is 9.47 Å². The van der Waals surface area contributed by atoms with E-state index >= 15 is 0 Å². The van der Waals surface area contributed by atoms with E-state index in [0.29, 0.717) is 48.0 Å². The number of ether oxygens (including phenoxy) is 2. The zero-order chi connectivity index (χ0) is 22.7. The quantitative estimate of drug-likeness (QED) is 0.590. The third kappa shape index (κ3) is 4.67. The minimum Gasteiger partial charge on any atom is -0.493 e. The van der Waals surface area contributed by atoms with E-state index in [-0.39, 0.29) is 5.91 Å². The first kappa shape index (κ1) is 21.6. The first-order valence-electron chi connectivity index (χ1n) is 9.97. The fraction of sp³-hybridized carbons (Fsp3) is 0.217. The summed E-state index contributed by atoms with van der Waals surface area (Å²) < 4.78 is 36.4. The molecule has 0 atom stereocenters. The normalized spacial score (nSPS) is 12.9. The number of carbonyl (C=O) groups excluding carboxylic acids is 1. The van der Waals surface area contributed by atoms with Crippen LogP contribution >= 0.6 is 0 Å². The highest BCUT2D eigenvalue weighted by Crippen LogP contribution is 2.33. The Morgan fingerprint density at radius 3 is 2.72 bits per heavy atom. The van der Waals surface area contributed by atoms with Gasteiger partial charge in [0.05, 0.1) is 19.1 Å². The van der Waals surface area contributed by atoms with Gasteiger partial charge in [0.15, 0.2) is 11.5 Å². The van der Waals surface area contributed by atoms with E-state index in [1.165, 1.54) is 10.6 Å². The fourth-order valence-corrected chi connectivity index (χ4v) is 4.53. The molecule has 3 aromatic rings. The van der Waals surface area contributed by atoms with E-state index in [2.05, 4.69) is 10.3 Å². The molecule has 0 spiro atoms. The molecule has 1 amide bonds. The number of hydrogen-bond acceptors (Lipinski definition) is 6. The second-order valence-electron chi connectivity index (χ2n) is 7.40. The molecule has 0 saturated carbocycles. The highest BCUT2D eigenvalue weighted by molar-refractivity contribution is 7.92. The Hall–Kier alpha value is -3.59. The number of fused-ring (bicyclic) bond motifs is 1. The maximum Gasteiger partial charge on any atom is 0.255 e. The number of aromatic nitrogens is 1. The molecule has 8 nitrogen and oxygen atoms in total. The van der Waals surface area contributed by atoms with Gasteiger partial charge in [-0.3, -0.25) is 14.1 Å². The number of amides is 1. The molecular weight excluding hydrogens is 430 g/mol. The topological polar surface area (TPSA) is 97.8 Å². The van der Waals surface area contributed by atoms with Crippen molar-refractivity contribution in [3.05, 3.63) is 77.6 Å². The highest BCUT2D eigenvalue weighted by atomic mass is 32.2. The zero-order valence-corrected chi connectivity index (χ0v) is 18.6. The second-order valence-corrected chi connectivity index (χ2v) is 9.31. The molecule has 0 saturated heterocycles. The van der Waals surface area contributed by atoms with E-state index in [1.54, 1.807) is 55.9 Å². The summed E-state index contributed by atoms with van der Waals surface area (Å²) in [4.78, 5) is 16.9. The van der Waals surface area contributed by atoms with Crippen molar-refractivity contribution in [2.45, 2.75) is 13.0 Å².